The number of halogens is 5. The first-order valence-electron chi connectivity index (χ1n) is 8.25. The number of benzene rings is 2. The van der Waals surface area contributed by atoms with Crippen LogP contribution in [0.3, 0.4) is 0 Å². The fourth-order valence-corrected chi connectivity index (χ4v) is 3.18. The lowest BCUT2D eigenvalue weighted by Crippen LogP contribution is -2.04. The third kappa shape index (κ3) is 4.74. The zero-order chi connectivity index (χ0) is 20.1. The van der Waals surface area contributed by atoms with Crippen molar-refractivity contribution < 1.29 is 22.0 Å². The van der Waals surface area contributed by atoms with E-state index in [0.717, 1.165) is 24.7 Å². The van der Waals surface area contributed by atoms with Gasteiger partial charge in [-0.05, 0) is 43.2 Å². The molecule has 0 atom stereocenters. The van der Waals surface area contributed by atoms with E-state index in [9.17, 15) is 22.0 Å². The summed E-state index contributed by atoms with van der Waals surface area (Å²) >= 11 is 1.50. The maximum absolute atomic E-state index is 13.9. The van der Waals surface area contributed by atoms with Crippen LogP contribution < -0.4 is 10.5 Å². The molecule has 8 heteroatoms. The lowest BCUT2D eigenvalue weighted by atomic mass is 10.0. The van der Waals surface area contributed by atoms with Gasteiger partial charge in [0.05, 0.1) is 5.56 Å². The molecule has 2 aromatic rings. The number of unbranched alkanes of at least 4 members (excludes halogenated alkanes) is 1. The molecule has 146 valence electrons. The molecule has 0 unspecified atom stereocenters. The van der Waals surface area contributed by atoms with Gasteiger partial charge in [0.15, 0.2) is 23.3 Å². The van der Waals surface area contributed by atoms with Crippen LogP contribution in [-0.2, 0) is 0 Å². The van der Waals surface area contributed by atoms with Gasteiger partial charge in [0.25, 0.3) is 0 Å². The molecule has 2 nitrogen and oxygen atoms in total. The number of hydrogen-bond donors (Lipinski definition) is 2. The molecule has 3 N–H and O–H groups in total. The van der Waals surface area contributed by atoms with E-state index in [4.69, 9.17) is 5.73 Å². The maximum atomic E-state index is 13.9. The number of allylic oxidation sites excluding steroid dienone is 1. The van der Waals surface area contributed by atoms with Crippen LogP contribution in [-0.4, -0.2) is 5.75 Å². The first-order valence-corrected chi connectivity index (χ1v) is 9.23. The molecular formula is C19H19F5N2S. The van der Waals surface area contributed by atoms with E-state index in [1.54, 1.807) is 18.2 Å². The first kappa shape index (κ1) is 21.1. The maximum Gasteiger partial charge on any atom is 0.200 e. The van der Waals surface area contributed by atoms with Gasteiger partial charge in [-0.2, -0.15) is 0 Å². The summed E-state index contributed by atoms with van der Waals surface area (Å²) in [4.78, 5) is 0. The van der Waals surface area contributed by atoms with Gasteiger partial charge in [-0.25, -0.2) is 22.0 Å². The Labute approximate surface area is 158 Å². The molecule has 0 spiro atoms. The summed E-state index contributed by atoms with van der Waals surface area (Å²) in [5, 5.41) is 0. The third-order valence-electron chi connectivity index (χ3n) is 3.87. The van der Waals surface area contributed by atoms with Crippen LogP contribution in [0.2, 0.25) is 0 Å². The smallest absolute Gasteiger partial charge is 0.200 e. The lowest BCUT2D eigenvalue weighted by molar-refractivity contribution is 0.377. The van der Waals surface area contributed by atoms with Crippen molar-refractivity contribution in [3.8, 4) is 0 Å². The number of hydrogen-bond acceptors (Lipinski definition) is 3. The summed E-state index contributed by atoms with van der Waals surface area (Å²) in [6.07, 6.45) is 3.00. The summed E-state index contributed by atoms with van der Waals surface area (Å²) in [7, 11) is 0. The van der Waals surface area contributed by atoms with Crippen LogP contribution in [0.15, 0.2) is 18.2 Å². The molecule has 2 rings (SSSR count). The average Bonchev–Trinajstić information content (AvgIpc) is 2.66. The Kier molecular flexibility index (Phi) is 7.12. The third-order valence-corrected chi connectivity index (χ3v) is 4.75. The van der Waals surface area contributed by atoms with Gasteiger partial charge in [0, 0.05) is 22.7 Å². The fourth-order valence-electron chi connectivity index (χ4n) is 2.36. The SMILES string of the molecule is CCCCSNc1ccc(N)c(/C(C)=C/c2c(F)c(F)c(F)c(F)c2F)c1. The number of rotatable bonds is 7. The topological polar surface area (TPSA) is 38.0 Å². The Bertz CT molecular complexity index is 839. The Morgan fingerprint density at radius 2 is 1.63 bits per heavy atom. The predicted octanol–water partition coefficient (Wildman–Crippen LogP) is 6.39. The molecule has 0 bridgehead atoms. The van der Waals surface area contributed by atoms with Crippen molar-refractivity contribution in [1.82, 2.24) is 0 Å². The van der Waals surface area contributed by atoms with Gasteiger partial charge in [-0.15, -0.1) is 0 Å². The molecule has 0 heterocycles. The summed E-state index contributed by atoms with van der Waals surface area (Å²) < 4.78 is 70.8. The highest BCUT2D eigenvalue weighted by atomic mass is 32.2. The molecule has 0 saturated heterocycles. The molecular weight excluding hydrogens is 383 g/mol. The Balaban J connectivity index is 2.39. The van der Waals surface area contributed by atoms with Crippen LogP contribution in [0.1, 0.15) is 37.8 Å². The van der Waals surface area contributed by atoms with Gasteiger partial charge in [-0.1, -0.05) is 25.3 Å². The summed E-state index contributed by atoms with van der Waals surface area (Å²) in [6.45, 7) is 3.56. The highest BCUT2D eigenvalue weighted by Crippen LogP contribution is 2.31. The van der Waals surface area contributed by atoms with Crippen molar-refractivity contribution in [3.05, 3.63) is 58.4 Å². The molecule has 2 aromatic carbocycles. The highest BCUT2D eigenvalue weighted by Gasteiger charge is 2.24. The van der Waals surface area contributed by atoms with Crippen LogP contribution in [0.25, 0.3) is 11.6 Å². The minimum Gasteiger partial charge on any atom is -0.398 e. The van der Waals surface area contributed by atoms with E-state index in [0.29, 0.717) is 16.9 Å². The highest BCUT2D eigenvalue weighted by molar-refractivity contribution is 8.00. The lowest BCUT2D eigenvalue weighted by Gasteiger charge is -2.12. The molecule has 0 saturated carbocycles. The number of nitrogen functional groups attached to an aromatic ring is 1. The van der Waals surface area contributed by atoms with Crippen molar-refractivity contribution >= 4 is 35.0 Å². The largest absolute Gasteiger partial charge is 0.398 e. The molecule has 0 radical (unpaired) electrons. The predicted molar refractivity (Wildman–Crippen MR) is 102 cm³/mol. The van der Waals surface area contributed by atoms with E-state index >= 15 is 0 Å². The molecule has 0 amide bonds. The van der Waals surface area contributed by atoms with Crippen molar-refractivity contribution in [3.63, 3.8) is 0 Å². The Morgan fingerprint density at radius 3 is 2.22 bits per heavy atom. The van der Waals surface area contributed by atoms with Crippen molar-refractivity contribution in [2.45, 2.75) is 26.7 Å². The van der Waals surface area contributed by atoms with Gasteiger partial charge in [0.2, 0.25) is 5.82 Å². The van der Waals surface area contributed by atoms with E-state index < -0.39 is 34.6 Å². The minimum absolute atomic E-state index is 0.262. The van der Waals surface area contributed by atoms with E-state index in [1.807, 2.05) is 0 Å². The van der Waals surface area contributed by atoms with Crippen molar-refractivity contribution in [2.24, 2.45) is 0 Å². The summed E-state index contributed by atoms with van der Waals surface area (Å²) in [6, 6.07) is 5.00. The zero-order valence-electron chi connectivity index (χ0n) is 14.8. The second-order valence-electron chi connectivity index (χ2n) is 5.92. The Morgan fingerprint density at radius 1 is 1.04 bits per heavy atom. The normalized spacial score (nSPS) is 11.7. The molecule has 0 aliphatic heterocycles. The van der Waals surface area contributed by atoms with Crippen molar-refractivity contribution in [2.75, 3.05) is 16.2 Å². The van der Waals surface area contributed by atoms with Gasteiger partial charge in [-0.3, -0.25) is 0 Å². The number of anilines is 2. The molecule has 0 aliphatic rings. The van der Waals surface area contributed by atoms with Gasteiger partial charge < -0.3 is 10.5 Å². The molecule has 27 heavy (non-hydrogen) atoms. The van der Waals surface area contributed by atoms with Crippen LogP contribution >= 0.6 is 11.9 Å². The van der Waals surface area contributed by atoms with E-state index in [1.165, 1.54) is 18.9 Å². The standard InChI is InChI=1S/C19H19F5N2S/c1-3-4-7-27-26-11-5-6-14(25)12(9-11)10(2)8-13-15(20)17(22)19(24)18(23)16(13)21/h5-6,8-9,26H,3-4,7,25H2,1-2H3/b10-8+. The number of nitrogens with one attached hydrogen (secondary N) is 1. The van der Waals surface area contributed by atoms with E-state index in [2.05, 4.69) is 11.6 Å². The second kappa shape index (κ2) is 9.12. The minimum atomic E-state index is -2.19. The van der Waals surface area contributed by atoms with Crippen LogP contribution in [0, 0.1) is 29.1 Å². The van der Waals surface area contributed by atoms with Crippen LogP contribution in [0.4, 0.5) is 33.3 Å². The van der Waals surface area contributed by atoms with Crippen LogP contribution in [0.5, 0.6) is 0 Å². The summed E-state index contributed by atoms with van der Waals surface area (Å²) in [5.74, 6) is -9.01. The number of nitrogens with two attached hydrogens (primary N) is 1. The quantitative estimate of drug-likeness (QED) is 0.107. The van der Waals surface area contributed by atoms with Gasteiger partial charge in [0.1, 0.15) is 0 Å². The fraction of sp³-hybridized carbons (Fsp3) is 0.263. The molecule has 0 aromatic heterocycles. The molecule has 0 aliphatic carbocycles. The zero-order valence-corrected chi connectivity index (χ0v) is 15.6. The average molecular weight is 402 g/mol. The Hall–Kier alpha value is -2.22. The molecule has 0 fully saturated rings. The summed E-state index contributed by atoms with van der Waals surface area (Å²) in [5.41, 5.74) is 6.63. The van der Waals surface area contributed by atoms with E-state index in [-0.39, 0.29) is 5.57 Å². The van der Waals surface area contributed by atoms with Crippen molar-refractivity contribution in [1.29, 1.82) is 0 Å². The second-order valence-corrected chi connectivity index (χ2v) is 6.82. The first-order chi connectivity index (χ1) is 12.8. The van der Waals surface area contributed by atoms with Gasteiger partial charge >= 0.3 is 0 Å². The monoisotopic (exact) mass is 402 g/mol.